The highest BCUT2D eigenvalue weighted by Crippen LogP contribution is 2.20. The molecule has 1 aliphatic rings. The summed E-state index contributed by atoms with van der Waals surface area (Å²) in [6, 6.07) is 15.9. The van der Waals surface area contributed by atoms with Crippen molar-refractivity contribution in [3.05, 3.63) is 54.6 Å². The number of amides is 1. The molecule has 1 amide bonds. The second-order valence-electron chi connectivity index (χ2n) is 7.16. The Hall–Kier alpha value is -3.31. The lowest BCUT2D eigenvalue weighted by Gasteiger charge is -2.34. The number of carbonyl (C=O) groups is 1. The number of benzene rings is 2. The van der Waals surface area contributed by atoms with Crippen molar-refractivity contribution in [3.8, 4) is 11.4 Å². The third kappa shape index (κ3) is 4.57. The van der Waals surface area contributed by atoms with Gasteiger partial charge in [0.05, 0.1) is 11.4 Å². The summed E-state index contributed by atoms with van der Waals surface area (Å²) >= 11 is 0. The van der Waals surface area contributed by atoms with Crippen molar-refractivity contribution in [1.29, 1.82) is 0 Å². The van der Waals surface area contributed by atoms with Crippen LogP contribution >= 0.6 is 0 Å². The van der Waals surface area contributed by atoms with Crippen molar-refractivity contribution >= 4 is 21.6 Å². The third-order valence-corrected chi connectivity index (χ3v) is 7.07. The van der Waals surface area contributed by atoms with E-state index in [4.69, 9.17) is 0 Å². The van der Waals surface area contributed by atoms with Crippen LogP contribution in [0.25, 0.3) is 11.4 Å². The smallest absolute Gasteiger partial charge is 0.243 e. The molecule has 2 aromatic carbocycles. The minimum Gasteiger partial charge on any atom is -0.376 e. The first-order chi connectivity index (χ1) is 14.9. The van der Waals surface area contributed by atoms with Gasteiger partial charge in [-0.2, -0.15) is 4.31 Å². The van der Waals surface area contributed by atoms with Gasteiger partial charge in [-0.3, -0.25) is 4.79 Å². The van der Waals surface area contributed by atoms with Crippen molar-refractivity contribution in [2.75, 3.05) is 38.0 Å². The highest BCUT2D eigenvalue weighted by Gasteiger charge is 2.29. The number of carbonyl (C=O) groups excluding carboxylic acids is 1. The van der Waals surface area contributed by atoms with Crippen molar-refractivity contribution in [2.45, 2.75) is 4.90 Å². The number of hydrogen-bond acceptors (Lipinski definition) is 7. The predicted molar refractivity (Wildman–Crippen MR) is 115 cm³/mol. The fraction of sp³-hybridized carbons (Fsp3) is 0.300. The maximum absolute atomic E-state index is 12.7. The number of rotatable bonds is 6. The Morgan fingerprint density at radius 2 is 1.77 bits per heavy atom. The first kappa shape index (κ1) is 20.9. The molecule has 1 aliphatic heterocycles. The average Bonchev–Trinajstić information content (AvgIpc) is 3.24. The number of nitrogens with zero attached hydrogens (tertiary/aromatic N) is 6. The first-order valence-electron chi connectivity index (χ1n) is 9.85. The minimum atomic E-state index is -3.53. The summed E-state index contributed by atoms with van der Waals surface area (Å²) in [5.41, 5.74) is 1.61. The van der Waals surface area contributed by atoms with E-state index in [2.05, 4.69) is 20.8 Å². The van der Waals surface area contributed by atoms with Gasteiger partial charge in [0, 0.05) is 44.5 Å². The molecule has 0 radical (unpaired) electrons. The van der Waals surface area contributed by atoms with Crippen LogP contribution in [0.1, 0.15) is 0 Å². The maximum Gasteiger partial charge on any atom is 0.243 e. The second kappa shape index (κ2) is 8.82. The summed E-state index contributed by atoms with van der Waals surface area (Å²) in [7, 11) is -1.77. The zero-order chi connectivity index (χ0) is 21.8. The lowest BCUT2D eigenvalue weighted by Crippen LogP contribution is -2.51. The maximum atomic E-state index is 12.7. The normalized spacial score (nSPS) is 15.1. The number of nitrogens with one attached hydrogen (secondary N) is 1. The zero-order valence-corrected chi connectivity index (χ0v) is 17.9. The van der Waals surface area contributed by atoms with E-state index in [0.717, 1.165) is 11.3 Å². The molecule has 10 nitrogen and oxygen atoms in total. The number of sulfonamides is 1. The third-order valence-electron chi connectivity index (χ3n) is 5.16. The van der Waals surface area contributed by atoms with Crippen molar-refractivity contribution in [1.82, 2.24) is 29.4 Å². The summed E-state index contributed by atoms with van der Waals surface area (Å²) in [4.78, 5) is 14.6. The Labute approximate surface area is 180 Å². The molecule has 31 heavy (non-hydrogen) atoms. The van der Waals surface area contributed by atoms with E-state index in [1.165, 1.54) is 4.31 Å². The topological polar surface area (TPSA) is 113 Å². The summed E-state index contributed by atoms with van der Waals surface area (Å²) in [5.74, 6) is 0.549. The number of anilines is 1. The largest absolute Gasteiger partial charge is 0.376 e. The highest BCUT2D eigenvalue weighted by atomic mass is 32.2. The van der Waals surface area contributed by atoms with Gasteiger partial charge in [-0.25, -0.2) is 13.1 Å². The molecule has 0 saturated carbocycles. The number of aromatic nitrogens is 4. The molecule has 11 heteroatoms. The van der Waals surface area contributed by atoms with Crippen molar-refractivity contribution in [3.63, 3.8) is 0 Å². The van der Waals surface area contributed by atoms with Gasteiger partial charge in [0.25, 0.3) is 0 Å². The Morgan fingerprint density at radius 1 is 1.03 bits per heavy atom. The Balaban J connectivity index is 1.32. The van der Waals surface area contributed by atoms with E-state index < -0.39 is 10.0 Å². The molecule has 0 unspecified atom stereocenters. The molecule has 0 bridgehead atoms. The first-order valence-corrected chi connectivity index (χ1v) is 11.3. The van der Waals surface area contributed by atoms with Gasteiger partial charge < -0.3 is 10.2 Å². The van der Waals surface area contributed by atoms with Crippen LogP contribution in [0, 0.1) is 0 Å². The number of tetrazole rings is 1. The van der Waals surface area contributed by atoms with Crippen LogP contribution in [-0.2, 0) is 21.9 Å². The molecule has 3 aromatic rings. The SMILES string of the molecule is Cn1nnnc1-c1cccc(NCC(=O)N2CCN(S(=O)(=O)c3ccccc3)CC2)c1. The summed E-state index contributed by atoms with van der Waals surface area (Å²) < 4.78 is 28.4. The monoisotopic (exact) mass is 441 g/mol. The molecule has 1 fully saturated rings. The van der Waals surface area contributed by atoms with Crippen LogP contribution in [-0.4, -0.2) is 76.5 Å². The van der Waals surface area contributed by atoms with Gasteiger partial charge in [-0.1, -0.05) is 30.3 Å². The van der Waals surface area contributed by atoms with E-state index in [1.54, 1.807) is 47.0 Å². The highest BCUT2D eigenvalue weighted by molar-refractivity contribution is 7.89. The molecule has 1 saturated heterocycles. The van der Waals surface area contributed by atoms with Crippen LogP contribution < -0.4 is 5.32 Å². The van der Waals surface area contributed by atoms with Gasteiger partial charge in [0.1, 0.15) is 0 Å². The Kier molecular flexibility index (Phi) is 5.96. The molecule has 0 atom stereocenters. The lowest BCUT2D eigenvalue weighted by molar-refractivity contribution is -0.130. The Bertz CT molecular complexity index is 1160. The molecule has 4 rings (SSSR count). The Morgan fingerprint density at radius 3 is 2.45 bits per heavy atom. The quantitative estimate of drug-likeness (QED) is 0.603. The molecular weight excluding hydrogens is 418 g/mol. The van der Waals surface area contributed by atoms with E-state index in [1.807, 2.05) is 24.3 Å². The van der Waals surface area contributed by atoms with Crippen LogP contribution in [0.2, 0.25) is 0 Å². The summed E-state index contributed by atoms with van der Waals surface area (Å²) in [6.45, 7) is 1.38. The molecule has 0 spiro atoms. The van der Waals surface area contributed by atoms with Gasteiger partial charge in [-0.05, 0) is 34.7 Å². The lowest BCUT2D eigenvalue weighted by atomic mass is 10.2. The van der Waals surface area contributed by atoms with Crippen LogP contribution in [0.4, 0.5) is 5.69 Å². The molecule has 162 valence electrons. The van der Waals surface area contributed by atoms with E-state index in [9.17, 15) is 13.2 Å². The minimum absolute atomic E-state index is 0.0810. The fourth-order valence-electron chi connectivity index (χ4n) is 3.45. The van der Waals surface area contributed by atoms with E-state index in [-0.39, 0.29) is 30.4 Å². The number of aryl methyl sites for hydroxylation is 1. The summed E-state index contributed by atoms with van der Waals surface area (Å²) in [5, 5.41) is 14.6. The predicted octanol–water partition coefficient (Wildman–Crippen LogP) is 0.822. The standard InChI is InChI=1S/C20H23N7O3S/c1-25-20(22-23-24-25)16-6-5-7-17(14-16)21-15-19(28)26-10-12-27(13-11-26)31(29,30)18-8-3-2-4-9-18/h2-9,14,21H,10-13,15H2,1H3. The number of hydrogen-bond donors (Lipinski definition) is 1. The van der Waals surface area contributed by atoms with Gasteiger partial charge in [0.15, 0.2) is 5.82 Å². The van der Waals surface area contributed by atoms with Crippen LogP contribution in [0.15, 0.2) is 59.5 Å². The molecule has 0 aliphatic carbocycles. The number of piperazine rings is 1. The summed E-state index contributed by atoms with van der Waals surface area (Å²) in [6.07, 6.45) is 0. The van der Waals surface area contributed by atoms with Gasteiger partial charge in [0.2, 0.25) is 15.9 Å². The molecular formula is C20H23N7O3S. The van der Waals surface area contributed by atoms with Gasteiger partial charge in [-0.15, -0.1) is 5.10 Å². The van der Waals surface area contributed by atoms with E-state index >= 15 is 0 Å². The molecule has 2 heterocycles. The second-order valence-corrected chi connectivity index (χ2v) is 9.10. The fourth-order valence-corrected chi connectivity index (χ4v) is 4.89. The molecule has 1 N–H and O–H groups in total. The van der Waals surface area contributed by atoms with Crippen molar-refractivity contribution < 1.29 is 13.2 Å². The van der Waals surface area contributed by atoms with Crippen LogP contribution in [0.5, 0.6) is 0 Å². The zero-order valence-electron chi connectivity index (χ0n) is 17.0. The average molecular weight is 442 g/mol. The van der Waals surface area contributed by atoms with Crippen molar-refractivity contribution in [2.24, 2.45) is 7.05 Å². The van der Waals surface area contributed by atoms with E-state index in [0.29, 0.717) is 18.9 Å². The molecule has 1 aromatic heterocycles. The van der Waals surface area contributed by atoms with Crippen LogP contribution in [0.3, 0.4) is 0 Å². The van der Waals surface area contributed by atoms with Gasteiger partial charge >= 0.3 is 0 Å².